The van der Waals surface area contributed by atoms with E-state index in [0.717, 1.165) is 38.8 Å². The van der Waals surface area contributed by atoms with Crippen molar-refractivity contribution in [3.05, 3.63) is 33.8 Å². The second-order valence-corrected chi connectivity index (χ2v) is 6.75. The van der Waals surface area contributed by atoms with Crippen LogP contribution in [0.4, 0.5) is 0 Å². The number of hydrogen-bond acceptors (Lipinski definition) is 2. The first-order valence-corrected chi connectivity index (χ1v) is 8.50. The molecule has 1 fully saturated rings. The lowest BCUT2D eigenvalue weighted by atomic mass is 9.86. The van der Waals surface area contributed by atoms with Crippen LogP contribution in [0.2, 0.25) is 0 Å². The van der Waals surface area contributed by atoms with Crippen LogP contribution in [0.15, 0.2) is 22.7 Å². The van der Waals surface area contributed by atoms with Crippen molar-refractivity contribution in [2.75, 3.05) is 6.61 Å². The maximum Gasteiger partial charge on any atom is 0.0692 e. The minimum atomic E-state index is 0.103. The molecule has 1 aromatic carbocycles. The molecule has 0 saturated carbocycles. The van der Waals surface area contributed by atoms with Crippen molar-refractivity contribution in [3.63, 3.8) is 0 Å². The lowest BCUT2D eigenvalue weighted by molar-refractivity contribution is -0.0932. The van der Waals surface area contributed by atoms with E-state index in [9.17, 15) is 0 Å². The number of hydrogen-bond donors (Lipinski definition) is 1. The van der Waals surface area contributed by atoms with Gasteiger partial charge in [-0.25, -0.2) is 0 Å². The average molecular weight is 340 g/mol. The summed E-state index contributed by atoms with van der Waals surface area (Å²) in [6, 6.07) is 7.16. The maximum atomic E-state index is 6.03. The highest BCUT2D eigenvalue weighted by Crippen LogP contribution is 2.31. The van der Waals surface area contributed by atoms with Crippen molar-refractivity contribution in [2.45, 2.75) is 64.6 Å². The first kappa shape index (κ1) is 16.0. The van der Waals surface area contributed by atoms with Crippen molar-refractivity contribution in [3.8, 4) is 0 Å². The minimum absolute atomic E-state index is 0.103. The third-order valence-electron chi connectivity index (χ3n) is 4.60. The number of ether oxygens (including phenoxy) is 1. The Morgan fingerprint density at radius 3 is 2.75 bits per heavy atom. The lowest BCUT2D eigenvalue weighted by Crippen LogP contribution is -2.46. The van der Waals surface area contributed by atoms with Gasteiger partial charge >= 0.3 is 0 Å². The molecule has 1 aromatic rings. The third-order valence-corrected chi connectivity index (χ3v) is 5.49. The number of halogens is 1. The van der Waals surface area contributed by atoms with E-state index in [2.05, 4.69) is 60.2 Å². The fourth-order valence-corrected chi connectivity index (χ4v) is 3.27. The Morgan fingerprint density at radius 2 is 2.10 bits per heavy atom. The zero-order valence-corrected chi connectivity index (χ0v) is 14.4. The minimum Gasteiger partial charge on any atom is -0.375 e. The SMILES string of the molecule is CCC1(CC)CC(NCc2ccc(Br)c(C)c2)CCO1. The van der Waals surface area contributed by atoms with Gasteiger partial charge in [0.1, 0.15) is 0 Å². The zero-order chi connectivity index (χ0) is 14.6. The van der Waals surface area contributed by atoms with Gasteiger partial charge in [0.2, 0.25) is 0 Å². The summed E-state index contributed by atoms with van der Waals surface area (Å²) >= 11 is 3.55. The molecular formula is C17H26BrNO. The van der Waals surface area contributed by atoms with Gasteiger partial charge < -0.3 is 10.1 Å². The van der Waals surface area contributed by atoms with Crippen molar-refractivity contribution in [1.82, 2.24) is 5.32 Å². The molecule has 112 valence electrons. The van der Waals surface area contributed by atoms with E-state index in [-0.39, 0.29) is 5.60 Å². The molecule has 2 rings (SSSR count). The van der Waals surface area contributed by atoms with Gasteiger partial charge in [0.15, 0.2) is 0 Å². The fraction of sp³-hybridized carbons (Fsp3) is 0.647. The first-order valence-electron chi connectivity index (χ1n) is 7.71. The predicted molar refractivity (Wildman–Crippen MR) is 88.0 cm³/mol. The van der Waals surface area contributed by atoms with Crippen LogP contribution >= 0.6 is 15.9 Å². The summed E-state index contributed by atoms with van der Waals surface area (Å²) < 4.78 is 7.22. The molecule has 20 heavy (non-hydrogen) atoms. The van der Waals surface area contributed by atoms with Crippen molar-refractivity contribution < 1.29 is 4.74 Å². The van der Waals surface area contributed by atoms with Gasteiger partial charge in [-0.15, -0.1) is 0 Å². The Hall–Kier alpha value is -0.380. The van der Waals surface area contributed by atoms with E-state index in [1.807, 2.05) is 0 Å². The normalized spacial score (nSPS) is 21.9. The monoisotopic (exact) mass is 339 g/mol. The van der Waals surface area contributed by atoms with Gasteiger partial charge in [0.25, 0.3) is 0 Å². The largest absolute Gasteiger partial charge is 0.375 e. The van der Waals surface area contributed by atoms with Crippen LogP contribution in [-0.4, -0.2) is 18.2 Å². The van der Waals surface area contributed by atoms with Gasteiger partial charge in [0, 0.05) is 23.7 Å². The Balaban J connectivity index is 1.91. The molecule has 1 atom stereocenters. The van der Waals surface area contributed by atoms with Crippen LogP contribution in [0.1, 0.15) is 50.7 Å². The quantitative estimate of drug-likeness (QED) is 0.847. The van der Waals surface area contributed by atoms with Crippen LogP contribution in [0, 0.1) is 6.92 Å². The molecule has 1 aliphatic heterocycles. The topological polar surface area (TPSA) is 21.3 Å². The van der Waals surface area contributed by atoms with Crippen molar-refractivity contribution in [2.24, 2.45) is 0 Å². The summed E-state index contributed by atoms with van der Waals surface area (Å²) in [4.78, 5) is 0. The average Bonchev–Trinajstić information content (AvgIpc) is 2.48. The molecule has 2 nitrogen and oxygen atoms in total. The first-order chi connectivity index (χ1) is 9.58. The van der Waals surface area contributed by atoms with E-state index in [0.29, 0.717) is 6.04 Å². The molecule has 1 N–H and O–H groups in total. The summed E-state index contributed by atoms with van der Waals surface area (Å²) in [5.41, 5.74) is 2.76. The molecule has 0 radical (unpaired) electrons. The lowest BCUT2D eigenvalue weighted by Gasteiger charge is -2.40. The van der Waals surface area contributed by atoms with Crippen LogP contribution in [0.3, 0.4) is 0 Å². The van der Waals surface area contributed by atoms with Gasteiger partial charge in [0.05, 0.1) is 5.60 Å². The number of nitrogens with one attached hydrogen (secondary N) is 1. The van der Waals surface area contributed by atoms with Gasteiger partial charge in [-0.05, 0) is 49.8 Å². The molecule has 0 aromatic heterocycles. The van der Waals surface area contributed by atoms with E-state index >= 15 is 0 Å². The van der Waals surface area contributed by atoms with Crippen LogP contribution in [0.25, 0.3) is 0 Å². The second-order valence-electron chi connectivity index (χ2n) is 5.89. The summed E-state index contributed by atoms with van der Waals surface area (Å²) in [5, 5.41) is 3.71. The molecule has 1 unspecified atom stereocenters. The van der Waals surface area contributed by atoms with Gasteiger partial charge in [-0.2, -0.15) is 0 Å². The fourth-order valence-electron chi connectivity index (χ4n) is 3.02. The van der Waals surface area contributed by atoms with E-state index in [4.69, 9.17) is 4.74 Å². The molecule has 0 spiro atoms. The number of benzene rings is 1. The van der Waals surface area contributed by atoms with Crippen LogP contribution < -0.4 is 5.32 Å². The Morgan fingerprint density at radius 1 is 1.35 bits per heavy atom. The van der Waals surface area contributed by atoms with E-state index in [1.54, 1.807) is 0 Å². The summed E-state index contributed by atoms with van der Waals surface area (Å²) in [7, 11) is 0. The van der Waals surface area contributed by atoms with Crippen molar-refractivity contribution >= 4 is 15.9 Å². The van der Waals surface area contributed by atoms with Crippen LogP contribution in [0.5, 0.6) is 0 Å². The Bertz CT molecular complexity index is 443. The molecular weight excluding hydrogens is 314 g/mol. The van der Waals surface area contributed by atoms with Crippen molar-refractivity contribution in [1.29, 1.82) is 0 Å². The summed E-state index contributed by atoms with van der Waals surface area (Å²) in [6.45, 7) is 8.45. The zero-order valence-electron chi connectivity index (χ0n) is 12.8. The maximum absolute atomic E-state index is 6.03. The standard InChI is InChI=1S/C17H26BrNO/c1-4-17(5-2)11-15(8-9-20-17)19-12-14-6-7-16(18)13(3)10-14/h6-7,10,15,19H,4-5,8-9,11-12H2,1-3H3. The third kappa shape index (κ3) is 3.84. The Labute approximate surface area is 131 Å². The smallest absolute Gasteiger partial charge is 0.0692 e. The molecule has 0 amide bonds. The predicted octanol–water partition coefficient (Wildman–Crippen LogP) is 4.58. The number of aryl methyl sites for hydroxylation is 1. The molecule has 1 heterocycles. The second kappa shape index (κ2) is 7.06. The molecule has 0 bridgehead atoms. The van der Waals surface area contributed by atoms with E-state index < -0.39 is 0 Å². The van der Waals surface area contributed by atoms with Crippen LogP contribution in [-0.2, 0) is 11.3 Å². The van der Waals surface area contributed by atoms with Gasteiger partial charge in [-0.1, -0.05) is 41.9 Å². The van der Waals surface area contributed by atoms with Gasteiger partial charge in [-0.3, -0.25) is 0 Å². The molecule has 0 aliphatic carbocycles. The summed E-state index contributed by atoms with van der Waals surface area (Å²) in [5.74, 6) is 0. The molecule has 3 heteroatoms. The summed E-state index contributed by atoms with van der Waals surface area (Å²) in [6.07, 6.45) is 4.48. The highest BCUT2D eigenvalue weighted by Gasteiger charge is 2.34. The molecule has 1 saturated heterocycles. The Kier molecular flexibility index (Phi) is 5.65. The van der Waals surface area contributed by atoms with E-state index in [1.165, 1.54) is 15.6 Å². The highest BCUT2D eigenvalue weighted by molar-refractivity contribution is 9.10. The highest BCUT2D eigenvalue weighted by atomic mass is 79.9. The number of rotatable bonds is 5. The molecule has 1 aliphatic rings.